The molecule has 1 aromatic carbocycles. The number of nitrogens with two attached hydrogens (primary N) is 1. The van der Waals surface area contributed by atoms with Gasteiger partial charge in [-0.3, -0.25) is 9.80 Å². The molecule has 1 aliphatic heterocycles. The zero-order valence-electron chi connectivity index (χ0n) is 10.9. The first-order valence-electron chi connectivity index (χ1n) is 6.11. The van der Waals surface area contributed by atoms with Gasteiger partial charge in [0.2, 0.25) is 5.91 Å². The van der Waals surface area contributed by atoms with Crippen LogP contribution in [0, 0.1) is 0 Å². The summed E-state index contributed by atoms with van der Waals surface area (Å²) in [6, 6.07) is 6.10. The fourth-order valence-electron chi connectivity index (χ4n) is 1.93. The van der Waals surface area contributed by atoms with E-state index in [2.05, 4.69) is 5.10 Å². The number of esters is 1. The van der Waals surface area contributed by atoms with Gasteiger partial charge in [0.05, 0.1) is 12.3 Å². The number of benzene rings is 1. The molecule has 1 aromatic rings. The SMILES string of the molecule is CCOC(=O)C1=NN(c2cccc(Cl)c2)C(C(N)=O)C1. The summed E-state index contributed by atoms with van der Waals surface area (Å²) in [5, 5.41) is 6.04. The van der Waals surface area contributed by atoms with Gasteiger partial charge in [0.15, 0.2) is 0 Å². The van der Waals surface area contributed by atoms with Crippen LogP contribution in [0.4, 0.5) is 5.69 Å². The van der Waals surface area contributed by atoms with Gasteiger partial charge >= 0.3 is 5.97 Å². The van der Waals surface area contributed by atoms with Crippen LogP contribution < -0.4 is 10.7 Å². The first-order valence-corrected chi connectivity index (χ1v) is 6.49. The number of carbonyl (C=O) groups excluding carboxylic acids is 2. The summed E-state index contributed by atoms with van der Waals surface area (Å²) in [6.45, 7) is 1.95. The van der Waals surface area contributed by atoms with Crippen molar-refractivity contribution >= 4 is 34.9 Å². The molecule has 0 radical (unpaired) electrons. The van der Waals surface area contributed by atoms with E-state index in [0.717, 1.165) is 0 Å². The number of rotatable bonds is 4. The van der Waals surface area contributed by atoms with Crippen molar-refractivity contribution in [3.05, 3.63) is 29.3 Å². The van der Waals surface area contributed by atoms with Crippen molar-refractivity contribution in [2.24, 2.45) is 10.8 Å². The second-order valence-electron chi connectivity index (χ2n) is 4.21. The van der Waals surface area contributed by atoms with E-state index in [1.54, 1.807) is 31.2 Å². The minimum atomic E-state index is -0.715. The van der Waals surface area contributed by atoms with Crippen molar-refractivity contribution in [3.63, 3.8) is 0 Å². The van der Waals surface area contributed by atoms with Crippen molar-refractivity contribution in [3.8, 4) is 0 Å². The Kier molecular flexibility index (Phi) is 4.24. The van der Waals surface area contributed by atoms with Crippen molar-refractivity contribution in [2.45, 2.75) is 19.4 Å². The number of halogens is 1. The molecule has 0 fully saturated rings. The molecular formula is C13H14ClN3O3. The van der Waals surface area contributed by atoms with Gasteiger partial charge in [0, 0.05) is 11.4 Å². The van der Waals surface area contributed by atoms with Crippen molar-refractivity contribution < 1.29 is 14.3 Å². The van der Waals surface area contributed by atoms with Crippen LogP contribution in [0.25, 0.3) is 0 Å². The number of hydrazone groups is 1. The molecule has 0 bridgehead atoms. The molecule has 0 saturated carbocycles. The highest BCUT2D eigenvalue weighted by Gasteiger charge is 2.35. The lowest BCUT2D eigenvalue weighted by Gasteiger charge is -2.20. The number of hydrogen-bond acceptors (Lipinski definition) is 5. The second kappa shape index (κ2) is 5.92. The lowest BCUT2D eigenvalue weighted by Crippen LogP contribution is -2.39. The topological polar surface area (TPSA) is 85.0 Å². The Morgan fingerprint density at radius 3 is 2.90 bits per heavy atom. The molecule has 6 nitrogen and oxygen atoms in total. The molecule has 2 rings (SSSR count). The zero-order valence-corrected chi connectivity index (χ0v) is 11.6. The predicted molar refractivity (Wildman–Crippen MR) is 75.6 cm³/mol. The molecule has 0 spiro atoms. The van der Waals surface area contributed by atoms with Crippen molar-refractivity contribution in [1.82, 2.24) is 0 Å². The smallest absolute Gasteiger partial charge is 0.354 e. The van der Waals surface area contributed by atoms with Crippen molar-refractivity contribution in [2.75, 3.05) is 11.6 Å². The van der Waals surface area contributed by atoms with Crippen LogP contribution in [0.1, 0.15) is 13.3 Å². The van der Waals surface area contributed by atoms with Gasteiger partial charge < -0.3 is 10.5 Å². The van der Waals surface area contributed by atoms with Gasteiger partial charge in [-0.1, -0.05) is 17.7 Å². The Bertz CT molecular complexity index is 574. The highest BCUT2D eigenvalue weighted by molar-refractivity contribution is 6.38. The van der Waals surface area contributed by atoms with Gasteiger partial charge in [-0.15, -0.1) is 0 Å². The molecule has 1 amide bonds. The molecule has 106 valence electrons. The van der Waals surface area contributed by atoms with Crippen LogP contribution >= 0.6 is 11.6 Å². The number of hydrogen-bond donors (Lipinski definition) is 1. The van der Waals surface area contributed by atoms with Gasteiger partial charge in [-0.25, -0.2) is 4.79 Å². The maximum Gasteiger partial charge on any atom is 0.354 e. The average Bonchev–Trinajstić information content (AvgIpc) is 2.84. The van der Waals surface area contributed by atoms with Crippen LogP contribution in [0.5, 0.6) is 0 Å². The Morgan fingerprint density at radius 1 is 1.55 bits per heavy atom. The van der Waals surface area contributed by atoms with E-state index in [4.69, 9.17) is 22.1 Å². The number of carbonyl (C=O) groups is 2. The van der Waals surface area contributed by atoms with E-state index < -0.39 is 17.9 Å². The van der Waals surface area contributed by atoms with E-state index in [9.17, 15) is 9.59 Å². The monoisotopic (exact) mass is 295 g/mol. The normalized spacial score (nSPS) is 17.8. The fraction of sp³-hybridized carbons (Fsp3) is 0.308. The van der Waals surface area contributed by atoms with Gasteiger partial charge in [-0.2, -0.15) is 5.10 Å². The van der Waals surface area contributed by atoms with E-state index in [0.29, 0.717) is 10.7 Å². The molecule has 0 saturated heterocycles. The summed E-state index contributed by atoms with van der Waals surface area (Å²) >= 11 is 5.92. The lowest BCUT2D eigenvalue weighted by molar-refractivity contribution is -0.135. The van der Waals surface area contributed by atoms with Crippen LogP contribution in [0.2, 0.25) is 5.02 Å². The third-order valence-electron chi connectivity index (χ3n) is 2.82. The largest absolute Gasteiger partial charge is 0.461 e. The Morgan fingerprint density at radius 2 is 2.30 bits per heavy atom. The minimum Gasteiger partial charge on any atom is -0.461 e. The summed E-state index contributed by atoms with van der Waals surface area (Å²) < 4.78 is 4.89. The number of anilines is 1. The maximum atomic E-state index is 11.7. The summed E-state index contributed by atoms with van der Waals surface area (Å²) in [4.78, 5) is 23.2. The van der Waals surface area contributed by atoms with Gasteiger partial charge in [-0.05, 0) is 25.1 Å². The molecular weight excluding hydrogens is 282 g/mol. The maximum absolute atomic E-state index is 11.7. The highest BCUT2D eigenvalue weighted by atomic mass is 35.5. The van der Waals surface area contributed by atoms with E-state index in [-0.39, 0.29) is 18.7 Å². The fourth-order valence-corrected chi connectivity index (χ4v) is 2.11. The second-order valence-corrected chi connectivity index (χ2v) is 4.65. The molecule has 1 heterocycles. The number of primary amides is 1. The molecule has 1 unspecified atom stereocenters. The molecule has 1 atom stereocenters. The van der Waals surface area contributed by atoms with E-state index >= 15 is 0 Å². The number of nitrogens with zero attached hydrogens (tertiary/aromatic N) is 2. The zero-order chi connectivity index (χ0) is 14.7. The number of amides is 1. The van der Waals surface area contributed by atoms with Crippen LogP contribution in [-0.2, 0) is 14.3 Å². The Labute approximate surface area is 121 Å². The number of ether oxygens (including phenoxy) is 1. The quantitative estimate of drug-likeness (QED) is 0.849. The molecule has 20 heavy (non-hydrogen) atoms. The van der Waals surface area contributed by atoms with Gasteiger partial charge in [0.1, 0.15) is 11.8 Å². The first kappa shape index (κ1) is 14.3. The average molecular weight is 296 g/mol. The van der Waals surface area contributed by atoms with Crippen molar-refractivity contribution in [1.29, 1.82) is 0 Å². The standard InChI is InChI=1S/C13H14ClN3O3/c1-2-20-13(19)10-7-11(12(15)18)17(16-10)9-5-3-4-8(14)6-9/h3-6,11H,2,7H2,1H3,(H2,15,18). The Balaban J connectivity index is 2.32. The molecule has 2 N–H and O–H groups in total. The lowest BCUT2D eigenvalue weighted by atomic mass is 10.1. The van der Waals surface area contributed by atoms with E-state index in [1.165, 1.54) is 5.01 Å². The molecule has 7 heteroatoms. The summed E-state index contributed by atoms with van der Waals surface area (Å²) in [5.41, 5.74) is 6.14. The summed E-state index contributed by atoms with van der Waals surface area (Å²) in [5.74, 6) is -1.10. The molecule has 1 aliphatic rings. The van der Waals surface area contributed by atoms with Gasteiger partial charge in [0.25, 0.3) is 0 Å². The summed E-state index contributed by atoms with van der Waals surface area (Å²) in [6.07, 6.45) is 0.126. The third-order valence-corrected chi connectivity index (χ3v) is 3.06. The van der Waals surface area contributed by atoms with Crippen LogP contribution in [0.3, 0.4) is 0 Å². The Hall–Kier alpha value is -2.08. The van der Waals surface area contributed by atoms with Crippen LogP contribution in [-0.4, -0.2) is 30.2 Å². The minimum absolute atomic E-state index is 0.126. The first-order chi connectivity index (χ1) is 9.52. The molecule has 0 aliphatic carbocycles. The third kappa shape index (κ3) is 2.91. The van der Waals surface area contributed by atoms with Crippen LogP contribution in [0.15, 0.2) is 29.4 Å². The predicted octanol–water partition coefficient (Wildman–Crippen LogP) is 1.32. The summed E-state index contributed by atoms with van der Waals surface area (Å²) in [7, 11) is 0. The highest BCUT2D eigenvalue weighted by Crippen LogP contribution is 2.27. The van der Waals surface area contributed by atoms with E-state index in [1.807, 2.05) is 0 Å². The molecule has 0 aromatic heterocycles.